The maximum atomic E-state index is 3.63. The first-order chi connectivity index (χ1) is 3.21. The quantitative estimate of drug-likeness (QED) is 0.373. The second-order valence-corrected chi connectivity index (χ2v) is 5.96. The van der Waals surface area contributed by atoms with Gasteiger partial charge < -0.3 is 0 Å². The van der Waals surface area contributed by atoms with E-state index in [4.69, 9.17) is 0 Å². The van der Waals surface area contributed by atoms with E-state index in [1.54, 1.807) is 0 Å². The highest BCUT2D eigenvalue weighted by Gasteiger charge is 2.23. The van der Waals surface area contributed by atoms with E-state index in [0.717, 1.165) is 0 Å². The number of rotatable bonds is 0. The van der Waals surface area contributed by atoms with Crippen LogP contribution in [0.1, 0.15) is 0 Å². The van der Waals surface area contributed by atoms with Crippen molar-refractivity contribution in [3.8, 4) is 0 Å². The molecule has 1 aliphatic rings. The van der Waals surface area contributed by atoms with Crippen LogP contribution in [0.15, 0.2) is 20.7 Å². The van der Waals surface area contributed by atoms with Gasteiger partial charge in [0.1, 0.15) is 0 Å². The Kier molecular flexibility index (Phi) is 1.55. The number of hydrogen-bond donors (Lipinski definition) is 0. The van der Waals surface area contributed by atoms with E-state index in [1.807, 2.05) is 45.2 Å². The number of nitrogens with zero attached hydrogens (tertiary/aromatic N) is 4. The zero-order chi connectivity index (χ0) is 5.33. The van der Waals surface area contributed by atoms with Crippen molar-refractivity contribution < 1.29 is 0 Å². The molecule has 0 aromatic heterocycles. The van der Waals surface area contributed by atoms with Crippen LogP contribution in [0.3, 0.4) is 0 Å². The fourth-order valence-electron chi connectivity index (χ4n) is 0.168. The normalized spacial score (nSPS) is 23.7. The number of hydrogen-bond acceptors (Lipinski definition) is 4. The molecular weight excluding hydrogens is 322 g/mol. The molecule has 0 saturated heterocycles. The lowest BCUT2D eigenvalue weighted by Gasteiger charge is -1.94. The Morgan fingerprint density at radius 1 is 1.00 bits per heavy atom. The van der Waals surface area contributed by atoms with Crippen LogP contribution in [0.5, 0.6) is 0 Å². The highest BCUT2D eigenvalue weighted by molar-refractivity contribution is 14.2. The Morgan fingerprint density at radius 2 is 1.43 bits per heavy atom. The Bertz CT molecular complexity index is 112. The summed E-state index contributed by atoms with van der Waals surface area (Å²) in [6, 6.07) is 0. The summed E-state index contributed by atoms with van der Waals surface area (Å²) in [5, 5.41) is 13.9. The fourth-order valence-corrected chi connectivity index (χ4v) is 0.554. The van der Waals surface area contributed by atoms with Crippen molar-refractivity contribution in [3.63, 3.8) is 0 Å². The van der Waals surface area contributed by atoms with E-state index in [-0.39, 0.29) is 0 Å². The second-order valence-electron chi connectivity index (χ2n) is 0.888. The highest BCUT2D eigenvalue weighted by atomic mass is 127. The maximum Gasteiger partial charge on any atom is 0.292 e. The minimum absolute atomic E-state index is 0.449. The van der Waals surface area contributed by atoms with Gasteiger partial charge in [-0.25, -0.2) is 0 Å². The first-order valence-electron chi connectivity index (χ1n) is 1.43. The van der Waals surface area contributed by atoms with Crippen LogP contribution in [0.4, 0.5) is 0 Å². The Hall–Kier alpha value is 0.660. The molecule has 0 fully saturated rings. The van der Waals surface area contributed by atoms with Crippen molar-refractivity contribution >= 4 is 45.2 Å². The molecule has 0 radical (unpaired) electrons. The van der Waals surface area contributed by atoms with Gasteiger partial charge in [-0.2, -0.15) is 0 Å². The van der Waals surface area contributed by atoms with Crippen LogP contribution < -0.4 is 0 Å². The molecule has 1 rings (SSSR count). The molecular formula is CI2N4. The van der Waals surface area contributed by atoms with Gasteiger partial charge in [0.05, 0.1) is 0 Å². The topological polar surface area (TPSA) is 49.4 Å². The lowest BCUT2D eigenvalue weighted by Crippen LogP contribution is -1.93. The lowest BCUT2D eigenvalue weighted by atomic mass is 11.2. The minimum atomic E-state index is -0.449. The third kappa shape index (κ3) is 1.55. The third-order valence-corrected chi connectivity index (χ3v) is 1.23. The van der Waals surface area contributed by atoms with Crippen LogP contribution in [0, 0.1) is 0 Å². The standard InChI is InChI=1S/CI2N4/c2-1(3)4-6-7-5-1. The van der Waals surface area contributed by atoms with Crippen LogP contribution in [0.25, 0.3) is 0 Å². The third-order valence-electron chi connectivity index (χ3n) is 0.370. The van der Waals surface area contributed by atoms with Crippen LogP contribution in [0.2, 0.25) is 0 Å². The molecule has 0 bridgehead atoms. The lowest BCUT2D eigenvalue weighted by molar-refractivity contribution is 0.976. The summed E-state index contributed by atoms with van der Waals surface area (Å²) in [5.74, 6) is 0. The molecule has 1 heterocycles. The van der Waals surface area contributed by atoms with E-state index < -0.39 is 1.68 Å². The molecule has 0 atom stereocenters. The van der Waals surface area contributed by atoms with E-state index in [0.29, 0.717) is 0 Å². The van der Waals surface area contributed by atoms with Gasteiger partial charge in [-0.3, -0.25) is 0 Å². The van der Waals surface area contributed by atoms with Gasteiger partial charge >= 0.3 is 0 Å². The predicted molar refractivity (Wildman–Crippen MR) is 40.5 cm³/mol. The van der Waals surface area contributed by atoms with Gasteiger partial charge in [0.25, 0.3) is 1.68 Å². The van der Waals surface area contributed by atoms with Crippen molar-refractivity contribution in [2.75, 3.05) is 0 Å². The van der Waals surface area contributed by atoms with Crippen molar-refractivity contribution in [2.45, 2.75) is 1.68 Å². The van der Waals surface area contributed by atoms with E-state index >= 15 is 0 Å². The monoisotopic (exact) mass is 322 g/mol. The molecule has 0 amide bonds. The molecule has 38 valence electrons. The minimum Gasteiger partial charge on any atom is -0.113 e. The molecule has 0 spiro atoms. The van der Waals surface area contributed by atoms with Crippen LogP contribution in [-0.4, -0.2) is 1.68 Å². The highest BCUT2D eigenvalue weighted by Crippen LogP contribution is 2.34. The number of alkyl halides is 2. The van der Waals surface area contributed by atoms with Crippen molar-refractivity contribution in [2.24, 2.45) is 20.7 Å². The second kappa shape index (κ2) is 1.88. The Labute approximate surface area is 67.1 Å². The average Bonchev–Trinajstić information content (AvgIpc) is 1.84. The number of halogens is 2. The van der Waals surface area contributed by atoms with Crippen molar-refractivity contribution in [3.05, 3.63) is 0 Å². The summed E-state index contributed by atoms with van der Waals surface area (Å²) in [7, 11) is 0. The van der Waals surface area contributed by atoms with Crippen molar-refractivity contribution in [1.29, 1.82) is 0 Å². The summed E-state index contributed by atoms with van der Waals surface area (Å²) in [4.78, 5) is 0. The molecule has 4 nitrogen and oxygen atoms in total. The Morgan fingerprint density at radius 3 is 1.57 bits per heavy atom. The van der Waals surface area contributed by atoms with E-state index in [9.17, 15) is 0 Å². The van der Waals surface area contributed by atoms with E-state index in [2.05, 4.69) is 20.7 Å². The molecule has 0 unspecified atom stereocenters. The molecule has 0 aromatic carbocycles. The summed E-state index contributed by atoms with van der Waals surface area (Å²) in [6.07, 6.45) is 0. The molecule has 0 aromatic rings. The SMILES string of the molecule is IC1(I)N=NN=N1. The molecule has 0 saturated carbocycles. The average molecular weight is 322 g/mol. The smallest absolute Gasteiger partial charge is 0.113 e. The summed E-state index contributed by atoms with van der Waals surface area (Å²) in [6.45, 7) is 0. The predicted octanol–water partition coefficient (Wildman–Crippen LogP) is 2.30. The van der Waals surface area contributed by atoms with Crippen LogP contribution in [-0.2, 0) is 0 Å². The van der Waals surface area contributed by atoms with Gasteiger partial charge in [0, 0.05) is 0 Å². The van der Waals surface area contributed by atoms with Crippen molar-refractivity contribution in [1.82, 2.24) is 0 Å². The van der Waals surface area contributed by atoms with Gasteiger partial charge in [-0.15, -0.1) is 10.2 Å². The Balaban J connectivity index is 2.77. The molecule has 0 N–H and O–H groups in total. The molecule has 7 heavy (non-hydrogen) atoms. The molecule has 0 aliphatic carbocycles. The zero-order valence-electron chi connectivity index (χ0n) is 3.04. The first-order valence-corrected chi connectivity index (χ1v) is 3.58. The van der Waals surface area contributed by atoms with Crippen LogP contribution >= 0.6 is 45.2 Å². The zero-order valence-corrected chi connectivity index (χ0v) is 7.36. The summed E-state index contributed by atoms with van der Waals surface area (Å²) in [5.41, 5.74) is 0. The van der Waals surface area contributed by atoms with Gasteiger partial charge in [0.2, 0.25) is 0 Å². The van der Waals surface area contributed by atoms with Gasteiger partial charge in [0.15, 0.2) is 0 Å². The van der Waals surface area contributed by atoms with Gasteiger partial charge in [-0.05, 0) is 55.6 Å². The first kappa shape index (κ1) is 5.79. The summed E-state index contributed by atoms with van der Waals surface area (Å²) < 4.78 is -0.449. The van der Waals surface area contributed by atoms with Gasteiger partial charge in [-0.1, -0.05) is 0 Å². The maximum absolute atomic E-state index is 3.63. The molecule has 6 heteroatoms. The largest absolute Gasteiger partial charge is 0.292 e. The fraction of sp³-hybridized carbons (Fsp3) is 1.00. The van der Waals surface area contributed by atoms with E-state index in [1.165, 1.54) is 0 Å². The molecule has 1 aliphatic heterocycles. The summed E-state index contributed by atoms with van der Waals surface area (Å²) >= 11 is 4.06.